The minimum atomic E-state index is -0.951. The van der Waals surface area contributed by atoms with Gasteiger partial charge >= 0.3 is 0 Å². The number of nitrogens with zero attached hydrogens (tertiary/aromatic N) is 1. The summed E-state index contributed by atoms with van der Waals surface area (Å²) in [7, 11) is 1.62. The van der Waals surface area contributed by atoms with Crippen LogP contribution in [0, 0.1) is 0 Å². The Balaban J connectivity index is 0.00000116. The quantitative estimate of drug-likeness (QED) is 0.802. The Morgan fingerprint density at radius 1 is 1.41 bits per heavy atom. The summed E-state index contributed by atoms with van der Waals surface area (Å²) in [6.07, 6.45) is 9.14. The zero-order valence-corrected chi connectivity index (χ0v) is 14.6. The van der Waals surface area contributed by atoms with E-state index in [9.17, 15) is 4.39 Å². The van der Waals surface area contributed by atoms with E-state index in [1.165, 1.54) is 5.57 Å². The second-order valence-corrected chi connectivity index (χ2v) is 5.00. The fourth-order valence-electron chi connectivity index (χ4n) is 2.56. The third-order valence-corrected chi connectivity index (χ3v) is 3.63. The molecule has 2 unspecified atom stereocenters. The minimum absolute atomic E-state index is 0.315. The highest BCUT2D eigenvalue weighted by Gasteiger charge is 2.33. The molecule has 3 nitrogen and oxygen atoms in total. The molecule has 124 valence electrons. The molecule has 2 aliphatic rings. The molecule has 2 atom stereocenters. The molecule has 0 aromatic carbocycles. The van der Waals surface area contributed by atoms with Crippen molar-refractivity contribution in [2.45, 2.75) is 59.7 Å². The second-order valence-electron chi connectivity index (χ2n) is 5.00. The molecule has 0 saturated carbocycles. The molecule has 0 saturated heterocycles. The molecule has 0 bridgehead atoms. The highest BCUT2D eigenvalue weighted by Crippen LogP contribution is 2.34. The lowest BCUT2D eigenvalue weighted by atomic mass is 9.96. The van der Waals surface area contributed by atoms with Crippen LogP contribution in [0.4, 0.5) is 4.39 Å². The van der Waals surface area contributed by atoms with Crippen molar-refractivity contribution < 1.29 is 9.13 Å². The molecular formula is C18H29FN2O. The Hall–Kier alpha value is -1.55. The average molecular weight is 308 g/mol. The van der Waals surface area contributed by atoms with E-state index in [-0.39, 0.29) is 6.04 Å². The highest BCUT2D eigenvalue weighted by atomic mass is 19.1. The first-order chi connectivity index (χ1) is 10.6. The maximum absolute atomic E-state index is 13.6. The summed E-state index contributed by atoms with van der Waals surface area (Å²) in [5.41, 5.74) is 6.56. The molecule has 4 heteroatoms. The van der Waals surface area contributed by atoms with Gasteiger partial charge in [-0.25, -0.2) is 14.8 Å². The van der Waals surface area contributed by atoms with Crippen LogP contribution in [0.15, 0.2) is 47.0 Å². The molecule has 2 rings (SSSR count). The lowest BCUT2D eigenvalue weighted by Crippen LogP contribution is -2.41. The van der Waals surface area contributed by atoms with Gasteiger partial charge in [0.2, 0.25) is 5.88 Å². The number of fused-ring (bicyclic) bond motifs is 1. The van der Waals surface area contributed by atoms with Crippen molar-refractivity contribution in [3.63, 3.8) is 0 Å². The van der Waals surface area contributed by atoms with Gasteiger partial charge in [0.15, 0.2) is 0 Å². The number of alkyl halides is 1. The van der Waals surface area contributed by atoms with E-state index in [0.29, 0.717) is 5.88 Å². The van der Waals surface area contributed by atoms with Gasteiger partial charge < -0.3 is 4.74 Å². The first-order valence-electron chi connectivity index (χ1n) is 8.20. The molecule has 0 aliphatic carbocycles. The molecule has 22 heavy (non-hydrogen) atoms. The highest BCUT2D eigenvalue weighted by molar-refractivity contribution is 5.52. The number of hydrogen-bond donors (Lipinski definition) is 1. The molecular weight excluding hydrogens is 279 g/mol. The molecule has 2 aliphatic heterocycles. The summed E-state index contributed by atoms with van der Waals surface area (Å²) in [4.78, 5) is 0. The first kappa shape index (κ1) is 18.5. The lowest BCUT2D eigenvalue weighted by molar-refractivity contribution is 0.132. The number of nitrogens with one attached hydrogen (secondary N) is 1. The zero-order chi connectivity index (χ0) is 16.7. The minimum Gasteiger partial charge on any atom is -0.481 e. The van der Waals surface area contributed by atoms with E-state index in [0.717, 1.165) is 24.1 Å². The van der Waals surface area contributed by atoms with Crippen molar-refractivity contribution in [3.05, 3.63) is 47.0 Å². The molecule has 0 aromatic heterocycles. The predicted octanol–water partition coefficient (Wildman–Crippen LogP) is 4.62. The molecule has 0 amide bonds. The van der Waals surface area contributed by atoms with E-state index >= 15 is 0 Å². The summed E-state index contributed by atoms with van der Waals surface area (Å²) in [6.45, 7) is 9.83. The van der Waals surface area contributed by atoms with Crippen LogP contribution < -0.4 is 5.43 Å². The molecule has 0 aromatic rings. The monoisotopic (exact) mass is 308 g/mol. The van der Waals surface area contributed by atoms with E-state index in [4.69, 9.17) is 4.74 Å². The van der Waals surface area contributed by atoms with Crippen LogP contribution in [0.3, 0.4) is 0 Å². The SMILES string of the molecule is CC.CC/C=C(\CC)C1=CC=C(OC)N2NC(C(C)F)C=C12. The fraction of sp³-hybridized carbons (Fsp3) is 0.556. The smallest absolute Gasteiger partial charge is 0.208 e. The summed E-state index contributed by atoms with van der Waals surface area (Å²) < 4.78 is 19.0. The van der Waals surface area contributed by atoms with E-state index < -0.39 is 6.17 Å². The van der Waals surface area contributed by atoms with E-state index in [1.54, 1.807) is 14.0 Å². The van der Waals surface area contributed by atoms with Gasteiger partial charge in [0.25, 0.3) is 0 Å². The number of rotatable bonds is 5. The van der Waals surface area contributed by atoms with Crippen LogP contribution in [-0.4, -0.2) is 24.3 Å². The predicted molar refractivity (Wildman–Crippen MR) is 90.6 cm³/mol. The third-order valence-electron chi connectivity index (χ3n) is 3.63. The third kappa shape index (κ3) is 3.80. The van der Waals surface area contributed by atoms with Gasteiger partial charge in [-0.15, -0.1) is 0 Å². The van der Waals surface area contributed by atoms with Crippen molar-refractivity contribution in [3.8, 4) is 0 Å². The largest absolute Gasteiger partial charge is 0.481 e. The number of allylic oxidation sites excluding steroid dienone is 4. The molecule has 2 heterocycles. The fourth-order valence-corrected chi connectivity index (χ4v) is 2.56. The first-order valence-corrected chi connectivity index (χ1v) is 8.20. The number of ether oxygens (including phenoxy) is 1. The Morgan fingerprint density at radius 3 is 2.59 bits per heavy atom. The number of methoxy groups -OCH3 is 1. The lowest BCUT2D eigenvalue weighted by Gasteiger charge is -2.29. The van der Waals surface area contributed by atoms with Crippen LogP contribution in [0.5, 0.6) is 0 Å². The number of hydrogen-bond acceptors (Lipinski definition) is 3. The molecule has 1 N–H and O–H groups in total. The van der Waals surface area contributed by atoms with Crippen LogP contribution in [-0.2, 0) is 4.74 Å². The van der Waals surface area contributed by atoms with Crippen molar-refractivity contribution in [1.29, 1.82) is 0 Å². The number of halogens is 1. The van der Waals surface area contributed by atoms with Gasteiger partial charge in [0.1, 0.15) is 6.17 Å². The van der Waals surface area contributed by atoms with E-state index in [2.05, 4.69) is 31.4 Å². The standard InChI is InChI=1S/C16H23FN2O.C2H6/c1-5-7-12(6-2)13-8-9-16(20-4)19-15(13)10-14(18-19)11(3)17;1-2/h7-11,14,18H,5-6H2,1-4H3;1-2H3/b12-7+;. The summed E-state index contributed by atoms with van der Waals surface area (Å²) in [6, 6.07) is -0.315. The van der Waals surface area contributed by atoms with E-state index in [1.807, 2.05) is 31.0 Å². The van der Waals surface area contributed by atoms with Gasteiger partial charge in [0.05, 0.1) is 18.8 Å². The van der Waals surface area contributed by atoms with Crippen molar-refractivity contribution >= 4 is 0 Å². The van der Waals surface area contributed by atoms with Crippen LogP contribution >= 0.6 is 0 Å². The second kappa shape index (κ2) is 8.79. The van der Waals surface area contributed by atoms with Gasteiger partial charge in [0, 0.05) is 11.6 Å². The Labute approximate surface area is 134 Å². The van der Waals surface area contributed by atoms with Crippen LogP contribution in [0.1, 0.15) is 47.5 Å². The maximum Gasteiger partial charge on any atom is 0.208 e. The topological polar surface area (TPSA) is 24.5 Å². The Bertz CT molecular complexity index is 489. The average Bonchev–Trinajstić information content (AvgIpc) is 2.99. The number of hydrazine groups is 1. The van der Waals surface area contributed by atoms with Gasteiger partial charge in [-0.05, 0) is 37.5 Å². The van der Waals surface area contributed by atoms with Gasteiger partial charge in [-0.2, -0.15) is 0 Å². The van der Waals surface area contributed by atoms with Crippen molar-refractivity contribution in [1.82, 2.24) is 10.4 Å². The van der Waals surface area contributed by atoms with Gasteiger partial charge in [-0.3, -0.25) is 0 Å². The van der Waals surface area contributed by atoms with Crippen molar-refractivity contribution in [2.24, 2.45) is 0 Å². The van der Waals surface area contributed by atoms with Gasteiger partial charge in [-0.1, -0.05) is 33.8 Å². The molecule has 0 spiro atoms. The molecule has 0 radical (unpaired) electrons. The summed E-state index contributed by atoms with van der Waals surface area (Å²) in [5, 5.41) is 1.84. The normalized spacial score (nSPS) is 22.0. The Kier molecular flexibility index (Phi) is 7.39. The summed E-state index contributed by atoms with van der Waals surface area (Å²) >= 11 is 0. The molecule has 0 fully saturated rings. The zero-order valence-electron chi connectivity index (χ0n) is 14.6. The van der Waals surface area contributed by atoms with Crippen LogP contribution in [0.2, 0.25) is 0 Å². The van der Waals surface area contributed by atoms with Crippen LogP contribution in [0.25, 0.3) is 0 Å². The van der Waals surface area contributed by atoms with Crippen molar-refractivity contribution in [2.75, 3.05) is 7.11 Å². The summed E-state index contributed by atoms with van der Waals surface area (Å²) in [5.74, 6) is 0.690. The Morgan fingerprint density at radius 2 is 2.09 bits per heavy atom. The maximum atomic E-state index is 13.6.